The largest absolute Gasteiger partial charge is 0.244 e. The van der Waals surface area contributed by atoms with Crippen LogP contribution in [-0.2, 0) is 0 Å². The first-order chi connectivity index (χ1) is 5.22. The Morgan fingerprint density at radius 2 is 1.64 bits per heavy atom. The Kier molecular flexibility index (Phi) is 2.58. The van der Waals surface area contributed by atoms with E-state index in [2.05, 4.69) is 0 Å². The van der Waals surface area contributed by atoms with Crippen molar-refractivity contribution in [2.24, 2.45) is 0 Å². The highest BCUT2D eigenvalue weighted by Gasteiger charge is 2.16. The number of alkyl halides is 2. The van der Waals surface area contributed by atoms with Crippen molar-refractivity contribution in [1.29, 1.82) is 0 Å². The Balaban J connectivity index is 2.77. The second kappa shape index (κ2) is 3.46. The average Bonchev–Trinajstić information content (AvgIpc) is 2.05. The van der Waals surface area contributed by atoms with Crippen LogP contribution in [0.1, 0.15) is 18.7 Å². The van der Waals surface area contributed by atoms with Crippen molar-refractivity contribution < 1.29 is 8.78 Å². The quantitative estimate of drug-likeness (QED) is 0.617. The van der Waals surface area contributed by atoms with Gasteiger partial charge in [0, 0.05) is 0 Å². The second-order valence-corrected chi connectivity index (χ2v) is 2.49. The number of rotatable bonds is 2. The van der Waals surface area contributed by atoms with E-state index in [0.29, 0.717) is 5.56 Å². The maximum absolute atomic E-state index is 12.9. The minimum Gasteiger partial charge on any atom is -0.244 e. The van der Waals surface area contributed by atoms with Gasteiger partial charge in [0.2, 0.25) is 0 Å². The molecule has 1 aromatic rings. The predicted molar refractivity (Wildman–Crippen MR) is 40.9 cm³/mol. The van der Waals surface area contributed by atoms with Crippen LogP contribution in [0.15, 0.2) is 30.3 Å². The van der Waals surface area contributed by atoms with E-state index in [1.54, 1.807) is 30.3 Å². The molecule has 0 amide bonds. The van der Waals surface area contributed by atoms with Crippen molar-refractivity contribution in [3.8, 4) is 0 Å². The van der Waals surface area contributed by atoms with Gasteiger partial charge in [-0.1, -0.05) is 30.3 Å². The van der Waals surface area contributed by atoms with Gasteiger partial charge < -0.3 is 0 Å². The summed E-state index contributed by atoms with van der Waals surface area (Å²) in [6, 6.07) is 8.34. The van der Waals surface area contributed by atoms with Gasteiger partial charge in [-0.25, -0.2) is 8.78 Å². The molecule has 0 radical (unpaired) electrons. The summed E-state index contributed by atoms with van der Waals surface area (Å²) in [6.45, 7) is 1.22. The molecule has 0 nitrogen and oxygen atoms in total. The molecule has 0 heterocycles. The predicted octanol–water partition coefficient (Wildman–Crippen LogP) is 3.06. The molecular formula is C9H10F2. The van der Waals surface area contributed by atoms with Crippen molar-refractivity contribution in [2.45, 2.75) is 19.3 Å². The van der Waals surface area contributed by atoms with Crippen LogP contribution in [0.4, 0.5) is 8.78 Å². The van der Waals surface area contributed by atoms with Gasteiger partial charge in [-0.05, 0) is 12.5 Å². The Hall–Kier alpha value is -0.920. The molecule has 2 unspecified atom stereocenters. The molecule has 11 heavy (non-hydrogen) atoms. The zero-order valence-electron chi connectivity index (χ0n) is 6.30. The highest BCUT2D eigenvalue weighted by Crippen LogP contribution is 2.22. The van der Waals surface area contributed by atoms with E-state index in [0.717, 1.165) is 0 Å². The van der Waals surface area contributed by atoms with Gasteiger partial charge in [0.05, 0.1) is 0 Å². The third-order valence-corrected chi connectivity index (χ3v) is 1.52. The van der Waals surface area contributed by atoms with E-state index >= 15 is 0 Å². The van der Waals surface area contributed by atoms with Gasteiger partial charge in [-0.3, -0.25) is 0 Å². The molecule has 0 spiro atoms. The van der Waals surface area contributed by atoms with E-state index in [1.165, 1.54) is 6.92 Å². The second-order valence-electron chi connectivity index (χ2n) is 2.49. The van der Waals surface area contributed by atoms with Gasteiger partial charge in [0.1, 0.15) is 6.17 Å². The minimum atomic E-state index is -1.49. The van der Waals surface area contributed by atoms with Crippen LogP contribution in [0.25, 0.3) is 0 Å². The van der Waals surface area contributed by atoms with Crippen molar-refractivity contribution in [2.75, 3.05) is 0 Å². The van der Waals surface area contributed by atoms with Gasteiger partial charge in [-0.15, -0.1) is 0 Å². The lowest BCUT2D eigenvalue weighted by Gasteiger charge is -2.08. The van der Waals surface area contributed by atoms with Crippen LogP contribution in [0.3, 0.4) is 0 Å². The topological polar surface area (TPSA) is 0 Å². The molecule has 0 aliphatic heterocycles. The monoisotopic (exact) mass is 156 g/mol. The smallest absolute Gasteiger partial charge is 0.156 e. The third-order valence-electron chi connectivity index (χ3n) is 1.52. The van der Waals surface area contributed by atoms with Crippen molar-refractivity contribution in [3.63, 3.8) is 0 Å². The van der Waals surface area contributed by atoms with E-state index in [9.17, 15) is 8.78 Å². The standard InChI is InChI=1S/C9H10F2/c1-7(10)9(11)8-5-3-2-4-6-8/h2-7,9H,1H3. The molecule has 0 aliphatic rings. The van der Waals surface area contributed by atoms with Gasteiger partial charge in [-0.2, -0.15) is 0 Å². The Morgan fingerprint density at radius 1 is 1.09 bits per heavy atom. The molecule has 0 fully saturated rings. The van der Waals surface area contributed by atoms with E-state index < -0.39 is 12.3 Å². The summed E-state index contributed by atoms with van der Waals surface area (Å²) < 4.78 is 25.3. The van der Waals surface area contributed by atoms with Crippen molar-refractivity contribution in [1.82, 2.24) is 0 Å². The Morgan fingerprint density at radius 3 is 2.09 bits per heavy atom. The summed E-state index contributed by atoms with van der Waals surface area (Å²) in [5.41, 5.74) is 0.405. The van der Waals surface area contributed by atoms with Crippen LogP contribution in [-0.4, -0.2) is 6.17 Å². The fraction of sp³-hybridized carbons (Fsp3) is 0.333. The fourth-order valence-electron chi connectivity index (χ4n) is 0.902. The van der Waals surface area contributed by atoms with E-state index in [1.807, 2.05) is 0 Å². The van der Waals surface area contributed by atoms with E-state index in [-0.39, 0.29) is 0 Å². The average molecular weight is 156 g/mol. The first-order valence-corrected chi connectivity index (χ1v) is 3.55. The normalized spacial score (nSPS) is 15.9. The molecule has 2 heteroatoms. The van der Waals surface area contributed by atoms with Crippen molar-refractivity contribution in [3.05, 3.63) is 35.9 Å². The Bertz CT molecular complexity index is 206. The fourth-order valence-corrected chi connectivity index (χ4v) is 0.902. The molecule has 2 atom stereocenters. The maximum Gasteiger partial charge on any atom is 0.156 e. The lowest BCUT2D eigenvalue weighted by atomic mass is 10.1. The summed E-state index contributed by atoms with van der Waals surface area (Å²) >= 11 is 0. The SMILES string of the molecule is CC(F)C(F)c1ccccc1. The first kappa shape index (κ1) is 8.18. The molecule has 1 rings (SSSR count). The summed E-state index contributed by atoms with van der Waals surface area (Å²) in [5.74, 6) is 0. The highest BCUT2D eigenvalue weighted by atomic mass is 19.2. The first-order valence-electron chi connectivity index (χ1n) is 3.55. The van der Waals surface area contributed by atoms with Gasteiger partial charge in [0.15, 0.2) is 6.17 Å². The summed E-state index contributed by atoms with van der Waals surface area (Å²) in [7, 11) is 0. The van der Waals surface area contributed by atoms with Crippen LogP contribution in [0.5, 0.6) is 0 Å². The summed E-state index contributed by atoms with van der Waals surface area (Å²) in [4.78, 5) is 0. The number of hydrogen-bond acceptors (Lipinski definition) is 0. The zero-order chi connectivity index (χ0) is 8.27. The van der Waals surface area contributed by atoms with Gasteiger partial charge >= 0.3 is 0 Å². The Labute approximate surface area is 64.9 Å². The zero-order valence-corrected chi connectivity index (χ0v) is 6.30. The van der Waals surface area contributed by atoms with Crippen LogP contribution in [0, 0.1) is 0 Å². The highest BCUT2D eigenvalue weighted by molar-refractivity contribution is 5.18. The molecule has 0 saturated heterocycles. The molecular weight excluding hydrogens is 146 g/mol. The molecule has 1 aromatic carbocycles. The lowest BCUT2D eigenvalue weighted by molar-refractivity contribution is 0.185. The maximum atomic E-state index is 12.9. The number of halogens is 2. The number of hydrogen-bond donors (Lipinski definition) is 0. The third kappa shape index (κ3) is 2.00. The molecule has 0 bridgehead atoms. The van der Waals surface area contributed by atoms with Crippen LogP contribution in [0.2, 0.25) is 0 Å². The van der Waals surface area contributed by atoms with Crippen LogP contribution >= 0.6 is 0 Å². The van der Waals surface area contributed by atoms with Gasteiger partial charge in [0.25, 0.3) is 0 Å². The molecule has 60 valence electrons. The molecule has 0 aromatic heterocycles. The number of benzene rings is 1. The van der Waals surface area contributed by atoms with Crippen molar-refractivity contribution >= 4 is 0 Å². The summed E-state index contributed by atoms with van der Waals surface area (Å²) in [6.07, 6.45) is -2.92. The van der Waals surface area contributed by atoms with Crippen LogP contribution < -0.4 is 0 Å². The molecule has 0 aliphatic carbocycles. The molecule has 0 N–H and O–H groups in total. The summed E-state index contributed by atoms with van der Waals surface area (Å²) in [5, 5.41) is 0. The molecule has 0 saturated carbocycles. The van der Waals surface area contributed by atoms with E-state index in [4.69, 9.17) is 0 Å². The lowest BCUT2D eigenvalue weighted by Crippen LogP contribution is -2.03. The minimum absolute atomic E-state index is 0.405.